The van der Waals surface area contributed by atoms with Crippen molar-refractivity contribution in [2.24, 2.45) is 5.89 Å². The van der Waals surface area contributed by atoms with E-state index in [0.717, 1.165) is 11.1 Å². The van der Waals surface area contributed by atoms with Gasteiger partial charge in [0.2, 0.25) is 0 Å². The van der Waals surface area contributed by atoms with Crippen LogP contribution in [0.1, 0.15) is 18.9 Å². The highest BCUT2D eigenvalue weighted by molar-refractivity contribution is 5.49. The van der Waals surface area contributed by atoms with E-state index in [2.05, 4.69) is 6.07 Å². The number of benzene rings is 2. The summed E-state index contributed by atoms with van der Waals surface area (Å²) in [6.45, 7) is 0. The molecule has 2 aromatic rings. The lowest BCUT2D eigenvalue weighted by atomic mass is 9.86. The van der Waals surface area contributed by atoms with Crippen LogP contribution in [0.5, 0.6) is 0 Å². The summed E-state index contributed by atoms with van der Waals surface area (Å²) >= 11 is 0. The second-order valence-electron chi connectivity index (χ2n) is 4.40. The lowest BCUT2D eigenvalue weighted by molar-refractivity contribution is 0.796. The standard InChI is InChI=1S/C16H13N/c17-12-15-11-16(15,13-7-3-1-4-8-13)14-9-5-2-6-10-14/h1-10,15H,11H2/t15-/m1/s1/i15D. The first-order chi connectivity index (χ1) is 8.73. The third kappa shape index (κ3) is 1.45. The Morgan fingerprint density at radius 1 is 1.00 bits per heavy atom. The van der Waals surface area contributed by atoms with Gasteiger partial charge in [-0.25, -0.2) is 0 Å². The Bertz CT molecular complexity index is 560. The minimum absolute atomic E-state index is 0.454. The van der Waals surface area contributed by atoms with Crippen LogP contribution in [0, 0.1) is 17.2 Å². The molecular weight excluding hydrogens is 206 g/mol. The molecule has 0 bridgehead atoms. The summed E-state index contributed by atoms with van der Waals surface area (Å²) in [7, 11) is 0. The molecule has 0 heterocycles. The van der Waals surface area contributed by atoms with Crippen molar-refractivity contribution in [1.29, 1.82) is 5.26 Å². The third-order valence-electron chi connectivity index (χ3n) is 3.50. The third-order valence-corrected chi connectivity index (χ3v) is 3.50. The fourth-order valence-electron chi connectivity index (χ4n) is 2.52. The first kappa shape index (κ1) is 9.01. The van der Waals surface area contributed by atoms with Crippen molar-refractivity contribution in [2.45, 2.75) is 11.8 Å². The van der Waals surface area contributed by atoms with Crippen LogP contribution in [0.25, 0.3) is 0 Å². The molecule has 2 aromatic carbocycles. The summed E-state index contributed by atoms with van der Waals surface area (Å²) in [5.74, 6) is -1.03. The highest BCUT2D eigenvalue weighted by atomic mass is 14.6. The molecule has 0 spiro atoms. The summed E-state index contributed by atoms with van der Waals surface area (Å²) < 4.78 is 8.31. The molecule has 1 saturated carbocycles. The fraction of sp³-hybridized carbons (Fsp3) is 0.188. The van der Waals surface area contributed by atoms with E-state index < -0.39 is 11.3 Å². The molecule has 1 heteroatoms. The SMILES string of the molecule is [2H][C@]1(C#N)CC1(c1ccccc1)c1ccccc1. The molecule has 1 atom stereocenters. The normalized spacial score (nSPS) is 25.7. The van der Waals surface area contributed by atoms with E-state index in [1.807, 2.05) is 60.7 Å². The molecule has 0 saturated heterocycles. The minimum atomic E-state index is -1.03. The van der Waals surface area contributed by atoms with Crippen molar-refractivity contribution in [1.82, 2.24) is 0 Å². The Labute approximate surface area is 103 Å². The van der Waals surface area contributed by atoms with Crippen LogP contribution in [0.15, 0.2) is 60.7 Å². The predicted octanol–water partition coefficient (Wildman–Crippen LogP) is 3.52. The van der Waals surface area contributed by atoms with Crippen LogP contribution >= 0.6 is 0 Å². The molecule has 1 aliphatic carbocycles. The van der Waals surface area contributed by atoms with Gasteiger partial charge in [-0.05, 0) is 17.5 Å². The number of rotatable bonds is 2. The largest absolute Gasteiger partial charge is 0.198 e. The molecule has 0 radical (unpaired) electrons. The zero-order valence-corrected chi connectivity index (χ0v) is 9.43. The van der Waals surface area contributed by atoms with Gasteiger partial charge in [0.15, 0.2) is 0 Å². The molecule has 1 nitrogen and oxygen atoms in total. The van der Waals surface area contributed by atoms with E-state index in [-0.39, 0.29) is 0 Å². The predicted molar refractivity (Wildman–Crippen MR) is 67.4 cm³/mol. The second-order valence-corrected chi connectivity index (χ2v) is 4.40. The van der Waals surface area contributed by atoms with Gasteiger partial charge in [0.25, 0.3) is 0 Å². The number of hydrogen-bond acceptors (Lipinski definition) is 1. The van der Waals surface area contributed by atoms with Gasteiger partial charge in [-0.3, -0.25) is 0 Å². The van der Waals surface area contributed by atoms with E-state index in [4.69, 9.17) is 1.37 Å². The molecular formula is C16H13N. The maximum absolute atomic E-state index is 9.29. The molecule has 82 valence electrons. The van der Waals surface area contributed by atoms with E-state index in [0.29, 0.717) is 6.42 Å². The Kier molecular flexibility index (Phi) is 1.99. The minimum Gasteiger partial charge on any atom is -0.198 e. The zero-order chi connectivity index (χ0) is 12.6. The monoisotopic (exact) mass is 220 g/mol. The molecule has 0 N–H and O–H groups in total. The molecule has 0 aliphatic heterocycles. The van der Waals surface area contributed by atoms with Gasteiger partial charge in [-0.2, -0.15) is 5.26 Å². The Morgan fingerprint density at radius 2 is 1.47 bits per heavy atom. The van der Waals surface area contributed by atoms with Crippen molar-refractivity contribution >= 4 is 0 Å². The summed E-state index contributed by atoms with van der Waals surface area (Å²) in [4.78, 5) is 0. The lowest BCUT2D eigenvalue weighted by Crippen LogP contribution is -2.11. The maximum atomic E-state index is 9.29. The highest BCUT2D eigenvalue weighted by Crippen LogP contribution is 2.58. The van der Waals surface area contributed by atoms with Gasteiger partial charge in [0.05, 0.1) is 12.0 Å². The molecule has 3 rings (SSSR count). The Morgan fingerprint density at radius 3 is 1.82 bits per heavy atom. The zero-order valence-electron chi connectivity index (χ0n) is 10.4. The van der Waals surface area contributed by atoms with Gasteiger partial charge in [-0.15, -0.1) is 0 Å². The molecule has 0 aromatic heterocycles. The number of hydrogen-bond donors (Lipinski definition) is 0. The number of nitriles is 1. The Hall–Kier alpha value is -2.07. The molecule has 0 amide bonds. The van der Waals surface area contributed by atoms with Crippen LogP contribution in [0.3, 0.4) is 0 Å². The molecule has 0 unspecified atom stereocenters. The van der Waals surface area contributed by atoms with E-state index in [1.54, 1.807) is 0 Å². The van der Waals surface area contributed by atoms with Crippen LogP contribution in [0.4, 0.5) is 0 Å². The van der Waals surface area contributed by atoms with Gasteiger partial charge >= 0.3 is 0 Å². The summed E-state index contributed by atoms with van der Waals surface area (Å²) in [5.41, 5.74) is 1.67. The summed E-state index contributed by atoms with van der Waals surface area (Å²) in [6, 6.07) is 22.0. The fourth-order valence-corrected chi connectivity index (χ4v) is 2.52. The van der Waals surface area contributed by atoms with Crippen LogP contribution in [-0.4, -0.2) is 0 Å². The Balaban J connectivity index is 2.18. The van der Waals surface area contributed by atoms with Crippen LogP contribution in [-0.2, 0) is 5.41 Å². The molecule has 1 fully saturated rings. The topological polar surface area (TPSA) is 23.8 Å². The summed E-state index contributed by atoms with van der Waals surface area (Å²) in [6.07, 6.45) is 0.574. The van der Waals surface area contributed by atoms with Crippen molar-refractivity contribution in [3.05, 3.63) is 71.8 Å². The second kappa shape index (κ2) is 3.75. The highest BCUT2D eigenvalue weighted by Gasteiger charge is 2.56. The maximum Gasteiger partial charge on any atom is 0.0669 e. The van der Waals surface area contributed by atoms with E-state index >= 15 is 0 Å². The molecule has 17 heavy (non-hydrogen) atoms. The lowest BCUT2D eigenvalue weighted by Gasteiger charge is -2.16. The first-order valence-corrected chi connectivity index (χ1v) is 5.75. The first-order valence-electron chi connectivity index (χ1n) is 6.25. The van der Waals surface area contributed by atoms with Gasteiger partial charge in [0.1, 0.15) is 0 Å². The van der Waals surface area contributed by atoms with Crippen molar-refractivity contribution in [2.75, 3.05) is 0 Å². The number of nitrogens with zero attached hydrogens (tertiary/aromatic N) is 1. The smallest absolute Gasteiger partial charge is 0.0669 e. The summed E-state index contributed by atoms with van der Waals surface area (Å²) in [5, 5.41) is 9.29. The van der Waals surface area contributed by atoms with Gasteiger partial charge in [-0.1, -0.05) is 60.7 Å². The van der Waals surface area contributed by atoms with Gasteiger partial charge < -0.3 is 0 Å². The van der Waals surface area contributed by atoms with E-state index in [1.165, 1.54) is 0 Å². The average Bonchev–Trinajstić information content (AvgIpc) is 3.09. The quantitative estimate of drug-likeness (QED) is 0.759. The van der Waals surface area contributed by atoms with Crippen molar-refractivity contribution < 1.29 is 1.37 Å². The van der Waals surface area contributed by atoms with Gasteiger partial charge in [0, 0.05) is 6.79 Å². The average molecular weight is 220 g/mol. The van der Waals surface area contributed by atoms with Crippen LogP contribution in [0.2, 0.25) is 0 Å². The van der Waals surface area contributed by atoms with E-state index in [9.17, 15) is 5.26 Å². The van der Waals surface area contributed by atoms with Crippen LogP contribution < -0.4 is 0 Å². The molecule has 1 aliphatic rings. The van der Waals surface area contributed by atoms with Crippen molar-refractivity contribution in [3.8, 4) is 6.07 Å². The van der Waals surface area contributed by atoms with Crippen molar-refractivity contribution in [3.63, 3.8) is 0 Å².